The summed E-state index contributed by atoms with van der Waals surface area (Å²) in [4.78, 5) is 0. The van der Waals surface area contributed by atoms with Gasteiger partial charge in [-0.25, -0.2) is 8.78 Å². The molecule has 0 bridgehead atoms. The van der Waals surface area contributed by atoms with Gasteiger partial charge in [0.1, 0.15) is 11.5 Å². The van der Waals surface area contributed by atoms with E-state index in [1.54, 1.807) is 11.7 Å². The maximum absolute atomic E-state index is 14.5. The van der Waals surface area contributed by atoms with Gasteiger partial charge in [0.25, 0.3) is 0 Å². The van der Waals surface area contributed by atoms with Crippen molar-refractivity contribution in [1.82, 2.24) is 9.78 Å². The molecule has 156 valence electrons. The number of hydrogen-bond acceptors (Lipinski definition) is 2. The SMILES string of the molecule is Cc1nn(C)c(Nc2c(F)cc(Cl)cc2F)c1-c1cc(Cl)cc2c1-c1ccccc1C2. The van der Waals surface area contributed by atoms with Crippen LogP contribution >= 0.6 is 23.2 Å². The van der Waals surface area contributed by atoms with Crippen molar-refractivity contribution in [3.8, 4) is 22.3 Å². The zero-order chi connectivity index (χ0) is 21.9. The Hall–Kier alpha value is -2.89. The number of nitrogens with zero attached hydrogens (tertiary/aromatic N) is 2. The van der Waals surface area contributed by atoms with Gasteiger partial charge in [0.2, 0.25) is 0 Å². The van der Waals surface area contributed by atoms with Crippen LogP contribution in [0.2, 0.25) is 10.0 Å². The standard InChI is InChI=1S/C24H17Cl2F2N3/c1-12-21(24(31(2)30-12)29-23-19(27)10-16(26)11-20(23)28)18-9-15(25)8-14-7-13-5-3-4-6-17(13)22(14)18/h3-6,8-11,29H,7H2,1-2H3. The molecule has 31 heavy (non-hydrogen) atoms. The van der Waals surface area contributed by atoms with E-state index < -0.39 is 11.6 Å². The summed E-state index contributed by atoms with van der Waals surface area (Å²) in [7, 11) is 1.73. The van der Waals surface area contributed by atoms with Gasteiger partial charge in [-0.15, -0.1) is 0 Å². The van der Waals surface area contributed by atoms with E-state index in [0.717, 1.165) is 46.4 Å². The molecule has 5 rings (SSSR count). The molecule has 1 N–H and O–H groups in total. The first kappa shape index (κ1) is 20.0. The van der Waals surface area contributed by atoms with Crippen LogP contribution in [-0.2, 0) is 13.5 Å². The summed E-state index contributed by atoms with van der Waals surface area (Å²) in [5.74, 6) is -1.10. The first-order valence-corrected chi connectivity index (χ1v) is 10.5. The van der Waals surface area contributed by atoms with Crippen LogP contribution in [0.25, 0.3) is 22.3 Å². The maximum atomic E-state index is 14.5. The third-order valence-electron chi connectivity index (χ3n) is 5.59. The molecule has 1 aliphatic carbocycles. The van der Waals surface area contributed by atoms with E-state index in [2.05, 4.69) is 22.5 Å². The number of nitrogens with one attached hydrogen (secondary N) is 1. The Balaban J connectivity index is 1.74. The van der Waals surface area contributed by atoms with Crippen LogP contribution in [0.15, 0.2) is 48.5 Å². The Bertz CT molecular complexity index is 1340. The van der Waals surface area contributed by atoms with Crippen molar-refractivity contribution >= 4 is 34.7 Å². The highest BCUT2D eigenvalue weighted by Gasteiger charge is 2.27. The third kappa shape index (κ3) is 3.29. The lowest BCUT2D eigenvalue weighted by molar-refractivity contribution is 0.590. The summed E-state index contributed by atoms with van der Waals surface area (Å²) in [5.41, 5.74) is 6.57. The molecule has 3 nitrogen and oxygen atoms in total. The maximum Gasteiger partial charge on any atom is 0.151 e. The second-order valence-corrected chi connectivity index (χ2v) is 8.50. The van der Waals surface area contributed by atoms with Crippen LogP contribution in [0.5, 0.6) is 0 Å². The number of hydrogen-bond donors (Lipinski definition) is 1. The predicted molar refractivity (Wildman–Crippen MR) is 121 cm³/mol. The number of benzene rings is 3. The third-order valence-corrected chi connectivity index (χ3v) is 6.03. The van der Waals surface area contributed by atoms with Gasteiger partial charge in [-0.3, -0.25) is 4.68 Å². The van der Waals surface area contributed by atoms with E-state index >= 15 is 0 Å². The molecule has 1 aliphatic rings. The van der Waals surface area contributed by atoms with Gasteiger partial charge >= 0.3 is 0 Å². The monoisotopic (exact) mass is 455 g/mol. The molecule has 3 aromatic carbocycles. The van der Waals surface area contributed by atoms with Crippen molar-refractivity contribution in [2.24, 2.45) is 7.05 Å². The molecule has 0 spiro atoms. The van der Waals surface area contributed by atoms with E-state index in [9.17, 15) is 8.78 Å². The largest absolute Gasteiger partial charge is 0.335 e. The molecule has 0 amide bonds. The first-order valence-electron chi connectivity index (χ1n) is 9.69. The average Bonchev–Trinajstić information content (AvgIpc) is 3.20. The lowest BCUT2D eigenvalue weighted by atomic mass is 9.94. The topological polar surface area (TPSA) is 29.9 Å². The Morgan fingerprint density at radius 1 is 0.903 bits per heavy atom. The van der Waals surface area contributed by atoms with Gasteiger partial charge < -0.3 is 5.32 Å². The van der Waals surface area contributed by atoms with E-state index in [1.165, 1.54) is 5.56 Å². The van der Waals surface area contributed by atoms with E-state index in [-0.39, 0.29) is 10.7 Å². The summed E-state index contributed by atoms with van der Waals surface area (Å²) in [6.45, 7) is 1.86. The molecular formula is C24H17Cl2F2N3. The molecule has 0 saturated carbocycles. The van der Waals surface area contributed by atoms with E-state index in [4.69, 9.17) is 23.2 Å². The summed E-state index contributed by atoms with van der Waals surface area (Å²) in [6, 6.07) is 14.2. The van der Waals surface area contributed by atoms with Crippen molar-refractivity contribution < 1.29 is 8.78 Å². The van der Waals surface area contributed by atoms with Crippen LogP contribution in [0.3, 0.4) is 0 Å². The lowest BCUT2D eigenvalue weighted by Crippen LogP contribution is -2.04. The zero-order valence-electron chi connectivity index (χ0n) is 16.7. The predicted octanol–water partition coefficient (Wildman–Crippen LogP) is 7.30. The summed E-state index contributed by atoms with van der Waals surface area (Å²) in [5, 5.41) is 8.01. The van der Waals surface area contributed by atoms with Gasteiger partial charge in [-0.2, -0.15) is 5.10 Å². The number of aryl methyl sites for hydroxylation is 2. The van der Waals surface area contributed by atoms with Crippen molar-refractivity contribution in [3.05, 3.63) is 87.0 Å². The summed E-state index contributed by atoms with van der Waals surface area (Å²) >= 11 is 12.3. The van der Waals surface area contributed by atoms with Gasteiger partial charge in [-0.05, 0) is 65.4 Å². The molecule has 4 aromatic rings. The quantitative estimate of drug-likeness (QED) is 0.309. The van der Waals surface area contributed by atoms with Crippen molar-refractivity contribution in [2.45, 2.75) is 13.3 Å². The molecule has 0 fully saturated rings. The normalized spacial score (nSPS) is 12.1. The highest BCUT2D eigenvalue weighted by molar-refractivity contribution is 6.31. The second-order valence-electron chi connectivity index (χ2n) is 7.62. The Morgan fingerprint density at radius 3 is 2.32 bits per heavy atom. The number of fused-ring (bicyclic) bond motifs is 3. The summed E-state index contributed by atoms with van der Waals surface area (Å²) in [6.07, 6.45) is 0.779. The first-order chi connectivity index (χ1) is 14.8. The fourth-order valence-corrected chi connectivity index (χ4v) is 4.78. The lowest BCUT2D eigenvalue weighted by Gasteiger charge is -2.15. The van der Waals surface area contributed by atoms with Gasteiger partial charge in [-0.1, -0.05) is 47.5 Å². The minimum absolute atomic E-state index is 0.00812. The Labute approximate surface area is 188 Å². The Kier molecular flexibility index (Phi) is 4.76. The van der Waals surface area contributed by atoms with Crippen LogP contribution in [0, 0.1) is 18.6 Å². The van der Waals surface area contributed by atoms with Gasteiger partial charge in [0, 0.05) is 22.7 Å². The molecule has 0 unspecified atom stereocenters. The number of anilines is 2. The van der Waals surface area contributed by atoms with Crippen LogP contribution in [0.1, 0.15) is 16.8 Å². The van der Waals surface area contributed by atoms with Crippen LogP contribution in [0.4, 0.5) is 20.3 Å². The fourth-order valence-electron chi connectivity index (χ4n) is 4.35. The minimum Gasteiger partial charge on any atom is -0.335 e. The molecular weight excluding hydrogens is 439 g/mol. The minimum atomic E-state index is -0.781. The van der Waals surface area contributed by atoms with Crippen molar-refractivity contribution in [3.63, 3.8) is 0 Å². The smallest absolute Gasteiger partial charge is 0.151 e. The number of rotatable bonds is 3. The molecule has 0 aliphatic heterocycles. The highest BCUT2D eigenvalue weighted by Crippen LogP contribution is 2.47. The molecule has 1 heterocycles. The molecule has 0 atom stereocenters. The fraction of sp³-hybridized carbons (Fsp3) is 0.125. The average molecular weight is 456 g/mol. The van der Waals surface area contributed by atoms with Crippen LogP contribution in [-0.4, -0.2) is 9.78 Å². The highest BCUT2D eigenvalue weighted by atomic mass is 35.5. The van der Waals surface area contributed by atoms with E-state index in [1.807, 2.05) is 31.2 Å². The Morgan fingerprint density at radius 2 is 1.58 bits per heavy atom. The number of aromatic nitrogens is 2. The summed E-state index contributed by atoms with van der Waals surface area (Å²) < 4.78 is 30.6. The van der Waals surface area contributed by atoms with Crippen molar-refractivity contribution in [2.75, 3.05) is 5.32 Å². The van der Waals surface area contributed by atoms with Crippen LogP contribution < -0.4 is 5.32 Å². The van der Waals surface area contributed by atoms with Gasteiger partial charge in [0.15, 0.2) is 11.6 Å². The van der Waals surface area contributed by atoms with Crippen molar-refractivity contribution in [1.29, 1.82) is 0 Å². The van der Waals surface area contributed by atoms with E-state index in [0.29, 0.717) is 16.5 Å². The zero-order valence-corrected chi connectivity index (χ0v) is 18.2. The molecule has 1 aromatic heterocycles. The number of halogens is 4. The molecule has 0 radical (unpaired) electrons. The molecule has 7 heteroatoms. The molecule has 0 saturated heterocycles. The van der Waals surface area contributed by atoms with Gasteiger partial charge in [0.05, 0.1) is 5.69 Å². The second kappa shape index (κ2) is 7.36.